The van der Waals surface area contributed by atoms with Gasteiger partial charge in [0.05, 0.1) is 0 Å². The van der Waals surface area contributed by atoms with E-state index in [1.165, 1.54) is 59.7 Å². The molecule has 14 heteroatoms. The molecule has 0 atom stereocenters. The van der Waals surface area contributed by atoms with Crippen LogP contribution in [0.1, 0.15) is 36.1 Å². The minimum atomic E-state index is -5.78. The molecular weight excluding hydrogens is 883 g/mol. The molecule has 8 aromatic rings. The zero-order valence-electron chi connectivity index (χ0n) is 36.7. The molecule has 348 valence electrons. The van der Waals surface area contributed by atoms with Gasteiger partial charge in [-0.15, -0.1) is 0 Å². The van der Waals surface area contributed by atoms with E-state index in [4.69, 9.17) is 41.9 Å². The van der Waals surface area contributed by atoms with Crippen molar-refractivity contribution in [1.82, 2.24) is 0 Å². The second-order valence-electron chi connectivity index (χ2n) is 16.2. The lowest BCUT2D eigenvalue weighted by Gasteiger charge is -2.38. The van der Waals surface area contributed by atoms with E-state index >= 15 is 0 Å². The van der Waals surface area contributed by atoms with Crippen molar-refractivity contribution in [3.05, 3.63) is 216 Å². The third-order valence-corrected chi connectivity index (χ3v) is 11.0. The maximum Gasteiger partial charge on any atom is 0.411 e. The molecule has 8 nitrogen and oxygen atoms in total. The van der Waals surface area contributed by atoms with Crippen molar-refractivity contribution in [2.75, 3.05) is 22.9 Å². The predicted octanol–water partition coefficient (Wildman–Crippen LogP) is 14.6. The van der Waals surface area contributed by atoms with Gasteiger partial charge in [0.1, 0.15) is 46.0 Å². The Balaban J connectivity index is 0.000000204. The first-order chi connectivity index (χ1) is 32.3. The predicted molar refractivity (Wildman–Crippen MR) is 254 cm³/mol. The van der Waals surface area contributed by atoms with E-state index in [0.29, 0.717) is 22.7 Å². The molecule has 0 spiro atoms. The van der Waals surface area contributed by atoms with Crippen LogP contribution in [-0.4, -0.2) is 12.4 Å². The number of nitrogen functional groups attached to an aromatic ring is 4. The number of alkyl halides is 6. The first kappa shape index (κ1) is 47.7. The third-order valence-electron chi connectivity index (χ3n) is 11.0. The number of rotatable bonds is 12. The standard InChI is InChI=1S/C27H20F6N2O2.C27H26N2O2/c28-26(29,30)25(27(31,32)33,17-5-1-9-21(13-17)36-23-11-3-7-19(34)15-23)18-6-2-10-22(14-18)37-24-12-4-8-20(35)16-24;1-27(2,19-3-11-23(12-4-19)30-25-15-7-21(28)8-16-25)20-5-13-24(14-6-20)31-26-17-9-22(29)10-18-26/h1-16H,34-35H2;3-18H,28-29H2,1-2H3. The van der Waals surface area contributed by atoms with Crippen LogP contribution in [0.25, 0.3) is 0 Å². The van der Waals surface area contributed by atoms with Gasteiger partial charge in [0, 0.05) is 40.3 Å². The molecule has 0 aliphatic rings. The molecule has 0 aliphatic carbocycles. The van der Waals surface area contributed by atoms with Gasteiger partial charge in [-0.1, -0.05) is 74.5 Å². The van der Waals surface area contributed by atoms with E-state index in [9.17, 15) is 26.3 Å². The molecule has 0 aromatic heterocycles. The Kier molecular flexibility index (Phi) is 13.8. The van der Waals surface area contributed by atoms with Gasteiger partial charge in [0.2, 0.25) is 5.41 Å². The molecule has 0 saturated heterocycles. The van der Waals surface area contributed by atoms with E-state index in [1.54, 1.807) is 12.1 Å². The highest BCUT2D eigenvalue weighted by Gasteiger charge is 2.72. The molecule has 0 fully saturated rings. The average Bonchev–Trinajstić information content (AvgIpc) is 3.28. The summed E-state index contributed by atoms with van der Waals surface area (Å²) < 4.78 is 111. The largest absolute Gasteiger partial charge is 0.457 e. The van der Waals surface area contributed by atoms with Crippen LogP contribution >= 0.6 is 0 Å². The lowest BCUT2D eigenvalue weighted by Crippen LogP contribution is -2.54. The second kappa shape index (κ2) is 19.7. The number of anilines is 4. The summed E-state index contributed by atoms with van der Waals surface area (Å²) in [6, 6.07) is 50.7. The first-order valence-corrected chi connectivity index (χ1v) is 21.0. The van der Waals surface area contributed by atoms with Crippen LogP contribution in [0.3, 0.4) is 0 Å². The van der Waals surface area contributed by atoms with Gasteiger partial charge in [0.15, 0.2) is 0 Å². The molecule has 68 heavy (non-hydrogen) atoms. The van der Waals surface area contributed by atoms with E-state index in [0.717, 1.165) is 59.4 Å². The summed E-state index contributed by atoms with van der Waals surface area (Å²) >= 11 is 0. The maximum atomic E-state index is 14.6. The number of halogens is 6. The molecule has 0 saturated carbocycles. The number of ether oxygens (including phenoxy) is 4. The second-order valence-corrected chi connectivity index (χ2v) is 16.2. The summed E-state index contributed by atoms with van der Waals surface area (Å²) in [5.74, 6) is 2.95. The van der Waals surface area contributed by atoms with Crippen LogP contribution in [0.15, 0.2) is 194 Å². The smallest absolute Gasteiger partial charge is 0.411 e. The van der Waals surface area contributed by atoms with Gasteiger partial charge in [-0.25, -0.2) is 0 Å². The fourth-order valence-corrected chi connectivity index (χ4v) is 7.39. The van der Waals surface area contributed by atoms with Crippen molar-refractivity contribution in [2.45, 2.75) is 37.0 Å². The van der Waals surface area contributed by atoms with E-state index < -0.39 is 28.9 Å². The van der Waals surface area contributed by atoms with Crippen LogP contribution in [0.5, 0.6) is 46.0 Å². The molecule has 0 bridgehead atoms. The van der Waals surface area contributed by atoms with Crippen LogP contribution in [0.2, 0.25) is 0 Å². The minimum Gasteiger partial charge on any atom is -0.457 e. The van der Waals surface area contributed by atoms with Gasteiger partial charge in [0.25, 0.3) is 0 Å². The normalized spacial score (nSPS) is 11.8. The van der Waals surface area contributed by atoms with Crippen molar-refractivity contribution >= 4 is 22.7 Å². The topological polar surface area (TPSA) is 141 Å². The van der Waals surface area contributed by atoms with Crippen LogP contribution in [0.4, 0.5) is 49.1 Å². The molecule has 8 rings (SSSR count). The SMILES string of the molecule is CC(C)(c1ccc(Oc2ccc(N)cc2)cc1)c1ccc(Oc2ccc(N)cc2)cc1.Nc1cccc(Oc2cccc(C(c3cccc(Oc4cccc(N)c4)c3)(C(F)(F)F)C(F)(F)F)c2)c1. The lowest BCUT2D eigenvalue weighted by atomic mass is 9.73. The highest BCUT2D eigenvalue weighted by Crippen LogP contribution is 2.57. The Morgan fingerprint density at radius 2 is 0.574 bits per heavy atom. The molecule has 8 aromatic carbocycles. The molecule has 0 aliphatic heterocycles. The zero-order valence-corrected chi connectivity index (χ0v) is 36.7. The molecule has 0 amide bonds. The van der Waals surface area contributed by atoms with E-state index in [1.807, 2.05) is 72.8 Å². The fourth-order valence-electron chi connectivity index (χ4n) is 7.39. The highest BCUT2D eigenvalue weighted by atomic mass is 19.4. The van der Waals surface area contributed by atoms with Crippen molar-refractivity contribution in [3.63, 3.8) is 0 Å². The van der Waals surface area contributed by atoms with Gasteiger partial charge >= 0.3 is 12.4 Å². The van der Waals surface area contributed by atoms with Crippen LogP contribution < -0.4 is 41.9 Å². The summed E-state index contributed by atoms with van der Waals surface area (Å²) in [6.07, 6.45) is -11.6. The summed E-state index contributed by atoms with van der Waals surface area (Å²) in [7, 11) is 0. The zero-order chi connectivity index (χ0) is 48.7. The fraction of sp³-hybridized carbons (Fsp3) is 0.111. The van der Waals surface area contributed by atoms with Crippen molar-refractivity contribution < 1.29 is 45.3 Å². The van der Waals surface area contributed by atoms with Gasteiger partial charge in [-0.05, 0) is 144 Å². The minimum absolute atomic E-state index is 0.152. The summed E-state index contributed by atoms with van der Waals surface area (Å²) in [5.41, 5.74) is 20.6. The number of nitrogens with two attached hydrogens (primary N) is 4. The average molecular weight is 929 g/mol. The first-order valence-electron chi connectivity index (χ1n) is 21.0. The van der Waals surface area contributed by atoms with Gasteiger partial charge < -0.3 is 41.9 Å². The monoisotopic (exact) mass is 928 g/mol. The molecule has 0 radical (unpaired) electrons. The number of hydrogen-bond donors (Lipinski definition) is 4. The Bertz CT molecular complexity index is 2740. The summed E-state index contributed by atoms with van der Waals surface area (Å²) in [4.78, 5) is 0. The van der Waals surface area contributed by atoms with Gasteiger partial charge in [-0.3, -0.25) is 0 Å². The molecule has 0 unspecified atom stereocenters. The van der Waals surface area contributed by atoms with Crippen molar-refractivity contribution in [3.8, 4) is 46.0 Å². The van der Waals surface area contributed by atoms with Crippen molar-refractivity contribution in [1.29, 1.82) is 0 Å². The van der Waals surface area contributed by atoms with Crippen LogP contribution in [-0.2, 0) is 10.8 Å². The quantitative estimate of drug-likeness (QED) is 0.0701. The molecule has 0 heterocycles. The van der Waals surface area contributed by atoms with Gasteiger partial charge in [-0.2, -0.15) is 26.3 Å². The lowest BCUT2D eigenvalue weighted by molar-refractivity contribution is -0.288. The number of hydrogen-bond acceptors (Lipinski definition) is 8. The van der Waals surface area contributed by atoms with E-state index in [2.05, 4.69) is 38.1 Å². The molecular formula is C54H46F6N4O4. The third kappa shape index (κ3) is 11.0. The van der Waals surface area contributed by atoms with E-state index in [-0.39, 0.29) is 28.4 Å². The maximum absolute atomic E-state index is 14.6. The Labute approximate surface area is 389 Å². The highest BCUT2D eigenvalue weighted by molar-refractivity contribution is 5.52. The number of benzene rings is 8. The molecule has 8 N–H and O–H groups in total. The Morgan fingerprint density at radius 3 is 0.882 bits per heavy atom. The summed E-state index contributed by atoms with van der Waals surface area (Å²) in [5, 5.41) is 0. The van der Waals surface area contributed by atoms with Crippen molar-refractivity contribution in [2.24, 2.45) is 0 Å². The Morgan fingerprint density at radius 1 is 0.294 bits per heavy atom. The Hall–Kier alpha value is -8.26. The van der Waals surface area contributed by atoms with Crippen LogP contribution in [0, 0.1) is 0 Å². The summed E-state index contributed by atoms with van der Waals surface area (Å²) in [6.45, 7) is 4.41.